The molecule has 1 N–H and O–H groups in total. The van der Waals surface area contributed by atoms with Crippen molar-refractivity contribution in [2.45, 2.75) is 39.3 Å². The Bertz CT molecular complexity index is 568. The van der Waals surface area contributed by atoms with E-state index in [9.17, 15) is 9.90 Å². The molecular formula is C20H33N3O2. The summed E-state index contributed by atoms with van der Waals surface area (Å²) >= 11 is 0. The molecular weight excluding hydrogens is 314 g/mol. The highest BCUT2D eigenvalue weighted by Crippen LogP contribution is 2.13. The van der Waals surface area contributed by atoms with Crippen LogP contribution in [-0.4, -0.2) is 77.6 Å². The maximum absolute atomic E-state index is 12.6. The van der Waals surface area contributed by atoms with Gasteiger partial charge in [0.1, 0.15) is 0 Å². The molecule has 1 aliphatic heterocycles. The molecule has 1 aliphatic rings. The third-order valence-electron chi connectivity index (χ3n) is 4.66. The van der Waals surface area contributed by atoms with E-state index < -0.39 is 5.60 Å². The first kappa shape index (κ1) is 19.9. The van der Waals surface area contributed by atoms with Gasteiger partial charge in [-0.05, 0) is 45.4 Å². The van der Waals surface area contributed by atoms with Gasteiger partial charge < -0.3 is 10.0 Å². The lowest BCUT2D eigenvalue weighted by Gasteiger charge is -2.28. The van der Waals surface area contributed by atoms with Gasteiger partial charge >= 0.3 is 0 Å². The number of carbonyl (C=O) groups is 1. The van der Waals surface area contributed by atoms with Crippen LogP contribution in [0.1, 0.15) is 31.4 Å². The van der Waals surface area contributed by atoms with Crippen molar-refractivity contribution in [2.24, 2.45) is 0 Å². The largest absolute Gasteiger partial charge is 0.389 e. The van der Waals surface area contributed by atoms with Crippen LogP contribution in [0.3, 0.4) is 0 Å². The average Bonchev–Trinajstić information content (AvgIpc) is 2.73. The van der Waals surface area contributed by atoms with Crippen LogP contribution in [0, 0.1) is 6.92 Å². The molecule has 0 spiro atoms. The second kappa shape index (κ2) is 8.79. The Labute approximate surface area is 152 Å². The van der Waals surface area contributed by atoms with Crippen LogP contribution in [0.4, 0.5) is 0 Å². The Balaban J connectivity index is 1.84. The fraction of sp³-hybridized carbons (Fsp3) is 0.650. The molecule has 0 bridgehead atoms. The summed E-state index contributed by atoms with van der Waals surface area (Å²) in [5.74, 6) is 0.157. The van der Waals surface area contributed by atoms with Crippen LogP contribution >= 0.6 is 0 Å². The summed E-state index contributed by atoms with van der Waals surface area (Å²) in [4.78, 5) is 18.9. The molecule has 0 radical (unpaired) electrons. The van der Waals surface area contributed by atoms with E-state index in [0.29, 0.717) is 13.1 Å². The van der Waals surface area contributed by atoms with Gasteiger partial charge in [0.2, 0.25) is 5.91 Å². The highest BCUT2D eigenvalue weighted by atomic mass is 16.3. The minimum absolute atomic E-state index is 0.157. The molecule has 5 heteroatoms. The fourth-order valence-electron chi connectivity index (χ4n) is 3.45. The molecule has 1 aromatic rings. The third kappa shape index (κ3) is 6.77. The van der Waals surface area contributed by atoms with E-state index in [2.05, 4.69) is 36.1 Å². The number of benzene rings is 1. The Kier molecular flexibility index (Phi) is 6.99. The summed E-state index contributed by atoms with van der Waals surface area (Å²) in [6.07, 6.45) is 1.01. The number of amides is 1. The quantitative estimate of drug-likeness (QED) is 0.851. The molecule has 25 heavy (non-hydrogen) atoms. The fourth-order valence-corrected chi connectivity index (χ4v) is 3.45. The lowest BCUT2D eigenvalue weighted by molar-refractivity contribution is -0.132. The lowest BCUT2D eigenvalue weighted by Crippen LogP contribution is -2.44. The molecule has 0 atom stereocenters. The number of aliphatic hydroxyl groups is 1. The highest BCUT2D eigenvalue weighted by Gasteiger charge is 2.22. The number of rotatable bonds is 6. The van der Waals surface area contributed by atoms with Gasteiger partial charge in [-0.15, -0.1) is 0 Å². The molecule has 1 aromatic carbocycles. The van der Waals surface area contributed by atoms with Gasteiger partial charge in [0, 0.05) is 39.3 Å². The minimum Gasteiger partial charge on any atom is -0.389 e. The standard InChI is InChI=1S/C20H33N3O2/c1-17-8-5-6-9-18(17)14-22-10-7-11-23(13-12-22)19(24)15-21(4)16-20(2,3)25/h5-6,8-9,25H,7,10-16H2,1-4H3. The predicted molar refractivity (Wildman–Crippen MR) is 101 cm³/mol. The van der Waals surface area contributed by atoms with Crippen LogP contribution in [0.15, 0.2) is 24.3 Å². The molecule has 140 valence electrons. The zero-order valence-electron chi connectivity index (χ0n) is 16.2. The Hall–Kier alpha value is -1.43. The first-order chi connectivity index (χ1) is 11.7. The molecule has 0 unspecified atom stereocenters. The molecule has 1 amide bonds. The van der Waals surface area contributed by atoms with Crippen molar-refractivity contribution in [3.05, 3.63) is 35.4 Å². The number of hydrogen-bond donors (Lipinski definition) is 1. The Morgan fingerprint density at radius 1 is 1.20 bits per heavy atom. The Morgan fingerprint density at radius 3 is 2.60 bits per heavy atom. The number of carbonyl (C=O) groups excluding carboxylic acids is 1. The smallest absolute Gasteiger partial charge is 0.236 e. The summed E-state index contributed by atoms with van der Waals surface area (Å²) in [5.41, 5.74) is 1.91. The molecule has 1 saturated heterocycles. The van der Waals surface area contributed by atoms with E-state index in [1.165, 1.54) is 11.1 Å². The van der Waals surface area contributed by atoms with Crippen LogP contribution in [-0.2, 0) is 11.3 Å². The number of likely N-dealkylation sites (N-methyl/N-ethyl adjacent to an activating group) is 1. The van der Waals surface area contributed by atoms with E-state index >= 15 is 0 Å². The summed E-state index contributed by atoms with van der Waals surface area (Å²) in [7, 11) is 1.89. The minimum atomic E-state index is -0.780. The second-order valence-corrected chi connectivity index (χ2v) is 7.92. The van der Waals surface area contributed by atoms with Crippen molar-refractivity contribution in [1.29, 1.82) is 0 Å². The first-order valence-corrected chi connectivity index (χ1v) is 9.20. The van der Waals surface area contributed by atoms with Gasteiger partial charge in [-0.1, -0.05) is 24.3 Å². The number of aryl methyl sites for hydroxylation is 1. The molecule has 2 rings (SSSR count). The zero-order valence-corrected chi connectivity index (χ0v) is 16.2. The summed E-state index contributed by atoms with van der Waals surface area (Å²) in [5, 5.41) is 9.88. The van der Waals surface area contributed by atoms with E-state index in [1.54, 1.807) is 13.8 Å². The predicted octanol–water partition coefficient (Wildman–Crippen LogP) is 1.73. The molecule has 1 heterocycles. The van der Waals surface area contributed by atoms with Crippen molar-refractivity contribution in [3.8, 4) is 0 Å². The topological polar surface area (TPSA) is 47.0 Å². The third-order valence-corrected chi connectivity index (χ3v) is 4.66. The lowest BCUT2D eigenvalue weighted by atomic mass is 10.1. The first-order valence-electron chi connectivity index (χ1n) is 9.20. The molecule has 5 nitrogen and oxygen atoms in total. The van der Waals surface area contributed by atoms with Crippen molar-refractivity contribution < 1.29 is 9.90 Å². The Morgan fingerprint density at radius 2 is 1.92 bits per heavy atom. The van der Waals surface area contributed by atoms with E-state index in [4.69, 9.17) is 0 Å². The highest BCUT2D eigenvalue weighted by molar-refractivity contribution is 5.78. The average molecular weight is 348 g/mol. The van der Waals surface area contributed by atoms with E-state index in [-0.39, 0.29) is 5.91 Å². The summed E-state index contributed by atoms with van der Waals surface area (Å²) in [6.45, 7) is 11.0. The van der Waals surface area contributed by atoms with Crippen molar-refractivity contribution >= 4 is 5.91 Å². The van der Waals surface area contributed by atoms with E-state index in [0.717, 1.165) is 39.1 Å². The maximum atomic E-state index is 12.6. The van der Waals surface area contributed by atoms with Gasteiger partial charge in [-0.3, -0.25) is 14.6 Å². The molecule has 0 saturated carbocycles. The second-order valence-electron chi connectivity index (χ2n) is 7.92. The van der Waals surface area contributed by atoms with Crippen molar-refractivity contribution in [3.63, 3.8) is 0 Å². The van der Waals surface area contributed by atoms with Gasteiger partial charge in [0.05, 0.1) is 12.1 Å². The van der Waals surface area contributed by atoms with Gasteiger partial charge in [-0.25, -0.2) is 0 Å². The van der Waals surface area contributed by atoms with Crippen molar-refractivity contribution in [2.75, 3.05) is 46.3 Å². The van der Waals surface area contributed by atoms with Crippen molar-refractivity contribution in [1.82, 2.24) is 14.7 Å². The SMILES string of the molecule is Cc1ccccc1CN1CCCN(C(=O)CN(C)CC(C)(C)O)CC1. The molecule has 1 fully saturated rings. The van der Waals surface area contributed by atoms with Gasteiger partial charge in [0.15, 0.2) is 0 Å². The summed E-state index contributed by atoms with van der Waals surface area (Å²) in [6, 6.07) is 8.51. The van der Waals surface area contributed by atoms with Crippen LogP contribution < -0.4 is 0 Å². The number of hydrogen-bond acceptors (Lipinski definition) is 4. The van der Waals surface area contributed by atoms with E-state index in [1.807, 2.05) is 16.8 Å². The van der Waals surface area contributed by atoms with Gasteiger partial charge in [-0.2, -0.15) is 0 Å². The summed E-state index contributed by atoms with van der Waals surface area (Å²) < 4.78 is 0. The van der Waals surface area contributed by atoms with Crippen LogP contribution in [0.2, 0.25) is 0 Å². The molecule has 0 aliphatic carbocycles. The zero-order chi connectivity index (χ0) is 18.4. The monoisotopic (exact) mass is 347 g/mol. The normalized spacial score (nSPS) is 17.0. The van der Waals surface area contributed by atoms with Crippen LogP contribution in [0.5, 0.6) is 0 Å². The number of nitrogens with zero attached hydrogens (tertiary/aromatic N) is 3. The maximum Gasteiger partial charge on any atom is 0.236 e. The van der Waals surface area contributed by atoms with Crippen LogP contribution in [0.25, 0.3) is 0 Å². The molecule has 0 aromatic heterocycles. The van der Waals surface area contributed by atoms with Gasteiger partial charge in [0.25, 0.3) is 0 Å².